The Kier molecular flexibility index (Phi) is 10.2. The lowest BCUT2D eigenvalue weighted by atomic mass is 9.84. The van der Waals surface area contributed by atoms with Crippen molar-refractivity contribution < 1.29 is 46.3 Å². The highest BCUT2D eigenvalue weighted by Crippen LogP contribution is 2.33. The quantitative estimate of drug-likeness (QED) is 0.0466. The number of carboxylic acids is 1. The van der Waals surface area contributed by atoms with Gasteiger partial charge in [-0.15, -0.1) is 15.6 Å². The number of thiazole rings is 1. The first kappa shape index (κ1) is 33.5. The number of oxime groups is 1. The van der Waals surface area contributed by atoms with E-state index in [0.717, 1.165) is 37.3 Å². The Morgan fingerprint density at radius 3 is 2.58 bits per heavy atom. The van der Waals surface area contributed by atoms with Crippen LogP contribution in [0, 0.1) is 5.41 Å². The number of aromatic nitrogens is 1. The minimum atomic E-state index is -5.02. The number of β-lactam (4-membered cyclic amide) rings is 1. The monoisotopic (exact) mass is 668 g/mol. The number of ether oxygens (including phenoxy) is 1. The molecule has 1 aromatic heterocycles. The van der Waals surface area contributed by atoms with Crippen LogP contribution in [0.2, 0.25) is 0 Å². The molecule has 0 aliphatic carbocycles. The molecule has 244 valence electrons. The third-order valence-electron chi connectivity index (χ3n) is 6.84. The number of piperidine rings is 1. The second-order valence-electron chi connectivity index (χ2n) is 10.5. The Balaban J connectivity index is 1.41. The van der Waals surface area contributed by atoms with Crippen molar-refractivity contribution in [1.82, 2.24) is 26.0 Å². The van der Waals surface area contributed by atoms with Gasteiger partial charge in [-0.25, -0.2) is 9.78 Å². The summed E-state index contributed by atoms with van der Waals surface area (Å²) in [6.45, 7) is 3.91. The highest BCUT2D eigenvalue weighted by molar-refractivity contribution is 7.80. The summed E-state index contributed by atoms with van der Waals surface area (Å²) >= 11 is 0.954. The number of carbonyl (C=O) groups excluding carboxylic acids is 2. The van der Waals surface area contributed by atoms with Crippen LogP contribution in [0.15, 0.2) is 34.8 Å². The maximum atomic E-state index is 13.2. The third kappa shape index (κ3) is 8.42. The number of nitrogen functional groups attached to an aromatic ring is 1. The van der Waals surface area contributed by atoms with Gasteiger partial charge < -0.3 is 36.4 Å². The largest absolute Gasteiger partial charge is 0.489 e. The molecule has 2 aromatic rings. The van der Waals surface area contributed by atoms with Gasteiger partial charge in [0, 0.05) is 23.5 Å². The summed E-state index contributed by atoms with van der Waals surface area (Å²) in [6, 6.07) is 5.25. The van der Waals surface area contributed by atoms with Crippen molar-refractivity contribution in [2.75, 3.05) is 25.4 Å². The molecule has 0 bridgehead atoms. The van der Waals surface area contributed by atoms with Crippen LogP contribution in [0.1, 0.15) is 37.9 Å². The molecule has 2 fully saturated rings. The van der Waals surface area contributed by atoms with E-state index in [1.807, 2.05) is 0 Å². The number of aliphatic carboxylic acids is 1. The van der Waals surface area contributed by atoms with Gasteiger partial charge in [-0.1, -0.05) is 5.16 Å². The average molecular weight is 669 g/mol. The van der Waals surface area contributed by atoms with Crippen LogP contribution in [0.4, 0.5) is 5.13 Å². The fraction of sp³-hybridized carbons (Fsp3) is 0.440. The first-order valence-corrected chi connectivity index (χ1v) is 15.7. The molecule has 45 heavy (non-hydrogen) atoms. The summed E-state index contributed by atoms with van der Waals surface area (Å²) in [4.78, 5) is 46.7. The first-order chi connectivity index (χ1) is 21.2. The van der Waals surface area contributed by atoms with Gasteiger partial charge in [-0.2, -0.15) is 13.5 Å². The molecule has 3 heterocycles. The molecule has 0 radical (unpaired) electrons. The van der Waals surface area contributed by atoms with E-state index in [2.05, 4.69) is 30.4 Å². The Morgan fingerprint density at radius 1 is 1.31 bits per heavy atom. The second-order valence-corrected chi connectivity index (χ2v) is 12.4. The van der Waals surface area contributed by atoms with Crippen molar-refractivity contribution >= 4 is 56.2 Å². The van der Waals surface area contributed by atoms with Gasteiger partial charge in [0.2, 0.25) is 0 Å². The maximum Gasteiger partial charge on any atom is 0.418 e. The number of nitrogens with two attached hydrogens (primary N) is 1. The van der Waals surface area contributed by atoms with Crippen LogP contribution in [0.25, 0.3) is 0 Å². The molecule has 18 nitrogen and oxygen atoms in total. The highest BCUT2D eigenvalue weighted by atomic mass is 32.3. The van der Waals surface area contributed by atoms with Gasteiger partial charge in [0.1, 0.15) is 29.9 Å². The number of amidine groups is 1. The standard InChI is InChI=1S/C25H32N8O10S2/c1-25(2)19(22(35)33(25)43-45(38,39)40)31-21(34)18(16-12-44-24(27)30-16)32-42-17(23(36)37)11-41-15-7-5-13(6-8-15)20(26)29-14-4-3-9-28-10-14/h5-8,12,14,17,19,28H,3-4,9-11H2,1-2H3,(H2,26,29)(H2,27,30)(H,31,34)(H,36,37)(H,38,39,40)/t14-,17+,19-/m1/s1. The number of benzene rings is 1. The minimum Gasteiger partial charge on any atom is -0.489 e. The van der Waals surface area contributed by atoms with Crippen LogP contribution in [-0.4, -0.2) is 101 Å². The Labute approximate surface area is 261 Å². The number of hydrogen-bond acceptors (Lipinski definition) is 14. The molecular weight excluding hydrogens is 636 g/mol. The van der Waals surface area contributed by atoms with Gasteiger partial charge in [0.05, 0.1) is 5.54 Å². The van der Waals surface area contributed by atoms with E-state index >= 15 is 0 Å². The molecule has 0 unspecified atom stereocenters. The Hall–Kier alpha value is -4.37. The van der Waals surface area contributed by atoms with Crippen LogP contribution < -0.4 is 26.4 Å². The molecule has 1 aromatic carbocycles. The fourth-order valence-corrected chi connectivity index (χ4v) is 5.44. The smallest absolute Gasteiger partial charge is 0.418 e. The lowest BCUT2D eigenvalue weighted by Crippen LogP contribution is -2.76. The van der Waals surface area contributed by atoms with Gasteiger partial charge in [0.25, 0.3) is 17.9 Å². The van der Waals surface area contributed by atoms with Crippen molar-refractivity contribution in [3.63, 3.8) is 0 Å². The molecule has 8 N–H and O–H groups in total. The van der Waals surface area contributed by atoms with Gasteiger partial charge in [-0.05, 0) is 57.5 Å². The zero-order valence-electron chi connectivity index (χ0n) is 24.1. The van der Waals surface area contributed by atoms with Crippen LogP contribution >= 0.6 is 11.3 Å². The number of carbonyl (C=O) groups is 3. The number of anilines is 1. The number of carboxylic acid groups (broad SMARTS) is 1. The average Bonchev–Trinajstić information content (AvgIpc) is 3.41. The van der Waals surface area contributed by atoms with Crippen molar-refractivity contribution in [3.8, 4) is 5.75 Å². The van der Waals surface area contributed by atoms with E-state index in [-0.39, 0.29) is 28.5 Å². The summed E-state index contributed by atoms with van der Waals surface area (Å²) in [6.07, 6.45) is 0.281. The van der Waals surface area contributed by atoms with E-state index in [4.69, 9.17) is 25.3 Å². The number of rotatable bonds is 13. The van der Waals surface area contributed by atoms with E-state index in [1.165, 1.54) is 19.2 Å². The first-order valence-electron chi connectivity index (χ1n) is 13.4. The van der Waals surface area contributed by atoms with E-state index < -0.39 is 58.2 Å². The lowest BCUT2D eigenvalue weighted by Gasteiger charge is -2.50. The van der Waals surface area contributed by atoms with Gasteiger partial charge in [-0.3, -0.25) is 19.6 Å². The molecule has 2 aliphatic rings. The normalized spacial score (nSPS) is 20.5. The minimum absolute atomic E-state index is 0.0542. The number of hydroxylamine groups is 2. The summed E-state index contributed by atoms with van der Waals surface area (Å²) in [5, 5.41) is 32.3. The van der Waals surface area contributed by atoms with Gasteiger partial charge in [0.15, 0.2) is 10.8 Å². The molecule has 20 heteroatoms. The summed E-state index contributed by atoms with van der Waals surface area (Å²) < 4.78 is 40.9. The topological polar surface area (TPSA) is 268 Å². The van der Waals surface area contributed by atoms with E-state index in [0.29, 0.717) is 10.6 Å². The molecule has 0 saturated carbocycles. The van der Waals surface area contributed by atoms with E-state index in [9.17, 15) is 27.9 Å². The molecular formula is C25H32N8O10S2. The van der Waals surface area contributed by atoms with Crippen LogP contribution in [0.3, 0.4) is 0 Å². The zero-order valence-corrected chi connectivity index (χ0v) is 25.7. The molecule has 2 saturated heterocycles. The predicted molar refractivity (Wildman–Crippen MR) is 159 cm³/mol. The van der Waals surface area contributed by atoms with Crippen molar-refractivity contribution in [3.05, 3.63) is 40.9 Å². The molecule has 3 atom stereocenters. The predicted octanol–water partition coefficient (Wildman–Crippen LogP) is -0.515. The maximum absolute atomic E-state index is 13.2. The SMILES string of the molecule is CC1(C)[C@H](NC(=O)C(=NO[C@@H](COc2ccc(C(=N)N[C@@H]3CCCNC3)cc2)C(=O)O)c2csc(N)n2)C(=O)N1OS(=O)(=O)O. The van der Waals surface area contributed by atoms with Crippen LogP contribution in [-0.2, 0) is 33.9 Å². The highest BCUT2D eigenvalue weighted by Gasteiger charge is 2.58. The molecule has 0 spiro atoms. The van der Waals surface area contributed by atoms with Gasteiger partial charge >= 0.3 is 16.4 Å². The second kappa shape index (κ2) is 13.7. The summed E-state index contributed by atoms with van der Waals surface area (Å²) in [7, 11) is -5.02. The third-order valence-corrected chi connectivity index (χ3v) is 7.85. The number of nitrogens with one attached hydrogen (secondary N) is 4. The molecule has 2 aliphatic heterocycles. The molecule has 2 amide bonds. The van der Waals surface area contributed by atoms with Crippen molar-refractivity contribution in [1.29, 1.82) is 5.41 Å². The summed E-state index contributed by atoms with van der Waals surface area (Å²) in [5.74, 6) is -2.95. The number of amides is 2. The van der Waals surface area contributed by atoms with E-state index in [1.54, 1.807) is 24.3 Å². The lowest BCUT2D eigenvalue weighted by molar-refractivity contribution is -0.218. The van der Waals surface area contributed by atoms with Crippen LogP contribution in [0.5, 0.6) is 5.75 Å². The number of nitrogens with zero attached hydrogens (tertiary/aromatic N) is 3. The Morgan fingerprint density at radius 2 is 2.02 bits per heavy atom. The zero-order chi connectivity index (χ0) is 32.9. The molecule has 4 rings (SSSR count). The fourth-order valence-electron chi connectivity index (χ4n) is 4.44. The Bertz CT molecular complexity index is 1570. The number of hydrogen-bond donors (Lipinski definition) is 7. The van der Waals surface area contributed by atoms with Crippen molar-refractivity contribution in [2.24, 2.45) is 5.16 Å². The van der Waals surface area contributed by atoms with Crippen molar-refractivity contribution in [2.45, 2.75) is 50.4 Å². The summed E-state index contributed by atoms with van der Waals surface area (Å²) in [5.41, 5.74) is 4.24.